The zero-order valence-corrected chi connectivity index (χ0v) is 15.1. The summed E-state index contributed by atoms with van der Waals surface area (Å²) in [5.41, 5.74) is 0.986. The van der Waals surface area contributed by atoms with Crippen LogP contribution in [0.25, 0.3) is 0 Å². The summed E-state index contributed by atoms with van der Waals surface area (Å²) < 4.78 is 34.2. The van der Waals surface area contributed by atoms with Crippen molar-refractivity contribution in [3.63, 3.8) is 0 Å². The van der Waals surface area contributed by atoms with Crippen LogP contribution in [0.15, 0.2) is 42.5 Å². The Balaban J connectivity index is 1.33. The summed E-state index contributed by atoms with van der Waals surface area (Å²) in [5, 5.41) is 2.66. The largest absolute Gasteiger partial charge is 0.486 e. The molecule has 2 aromatic rings. The molecule has 0 aliphatic carbocycles. The number of carbonyl (C=O) groups excluding carboxylic acids is 2. The maximum Gasteiger partial charge on any atom is 0.344 e. The van der Waals surface area contributed by atoms with Gasteiger partial charge in [0.25, 0.3) is 5.91 Å². The molecular weight excluding hydrogens is 369 g/mol. The van der Waals surface area contributed by atoms with Gasteiger partial charge in [0.2, 0.25) is 0 Å². The molecule has 0 bridgehead atoms. The number of carbonyl (C=O) groups is 2. The van der Waals surface area contributed by atoms with E-state index in [1.165, 1.54) is 18.2 Å². The predicted octanol–water partition coefficient (Wildman–Crippen LogP) is 1.88. The SMILES string of the molecule is O=C(COC(=O)COc1ccccc1F)NCCc1ccc2c(c1)OCCO2. The minimum Gasteiger partial charge on any atom is -0.486 e. The minimum atomic E-state index is -0.759. The Bertz CT molecular complexity index is 841. The lowest BCUT2D eigenvalue weighted by Gasteiger charge is -2.18. The number of hydrogen-bond acceptors (Lipinski definition) is 6. The van der Waals surface area contributed by atoms with Crippen LogP contribution in [0.3, 0.4) is 0 Å². The second kappa shape index (κ2) is 9.59. The highest BCUT2D eigenvalue weighted by Crippen LogP contribution is 2.30. The van der Waals surface area contributed by atoms with E-state index < -0.39 is 30.9 Å². The van der Waals surface area contributed by atoms with Crippen molar-refractivity contribution in [2.75, 3.05) is 33.0 Å². The van der Waals surface area contributed by atoms with Crippen molar-refractivity contribution >= 4 is 11.9 Å². The molecule has 2 aromatic carbocycles. The molecule has 1 aliphatic heterocycles. The number of esters is 1. The molecule has 8 heteroatoms. The normalized spacial score (nSPS) is 12.2. The number of para-hydroxylation sites is 1. The van der Waals surface area contributed by atoms with Gasteiger partial charge in [-0.3, -0.25) is 4.79 Å². The second-order valence-electron chi connectivity index (χ2n) is 5.96. The van der Waals surface area contributed by atoms with Gasteiger partial charge in [-0.2, -0.15) is 0 Å². The van der Waals surface area contributed by atoms with Crippen molar-refractivity contribution in [3.8, 4) is 17.2 Å². The Morgan fingerprint density at radius 2 is 1.82 bits per heavy atom. The maximum absolute atomic E-state index is 13.4. The first-order valence-corrected chi connectivity index (χ1v) is 8.80. The molecule has 0 radical (unpaired) electrons. The topological polar surface area (TPSA) is 83.1 Å². The minimum absolute atomic E-state index is 0.0525. The quantitative estimate of drug-likeness (QED) is 0.694. The average Bonchev–Trinajstić information content (AvgIpc) is 2.71. The first kappa shape index (κ1) is 19.5. The van der Waals surface area contributed by atoms with Crippen LogP contribution < -0.4 is 19.5 Å². The van der Waals surface area contributed by atoms with Crippen LogP contribution in [0, 0.1) is 5.82 Å². The average molecular weight is 389 g/mol. The summed E-state index contributed by atoms with van der Waals surface area (Å²) in [5.74, 6) is -0.417. The predicted molar refractivity (Wildman–Crippen MR) is 97.0 cm³/mol. The number of hydrogen-bond donors (Lipinski definition) is 1. The third kappa shape index (κ3) is 5.60. The molecule has 1 aliphatic rings. The van der Waals surface area contributed by atoms with Crippen molar-refractivity contribution < 1.29 is 32.9 Å². The summed E-state index contributed by atoms with van der Waals surface area (Å²) in [7, 11) is 0. The smallest absolute Gasteiger partial charge is 0.344 e. The van der Waals surface area contributed by atoms with E-state index in [4.69, 9.17) is 18.9 Å². The number of amides is 1. The van der Waals surface area contributed by atoms with E-state index in [2.05, 4.69) is 5.32 Å². The van der Waals surface area contributed by atoms with Crippen molar-refractivity contribution in [3.05, 3.63) is 53.8 Å². The van der Waals surface area contributed by atoms with E-state index in [1.54, 1.807) is 6.07 Å². The van der Waals surface area contributed by atoms with Gasteiger partial charge in [0.05, 0.1) is 0 Å². The molecule has 0 saturated carbocycles. The fourth-order valence-electron chi connectivity index (χ4n) is 2.53. The molecule has 7 nitrogen and oxygen atoms in total. The molecule has 0 unspecified atom stereocenters. The number of fused-ring (bicyclic) bond motifs is 1. The molecular formula is C20H20FNO6. The van der Waals surface area contributed by atoms with Crippen molar-refractivity contribution in [1.82, 2.24) is 5.32 Å². The Morgan fingerprint density at radius 3 is 2.64 bits per heavy atom. The van der Waals surface area contributed by atoms with E-state index in [9.17, 15) is 14.0 Å². The fraction of sp³-hybridized carbons (Fsp3) is 0.300. The van der Waals surface area contributed by atoms with Gasteiger partial charge in [-0.1, -0.05) is 18.2 Å². The van der Waals surface area contributed by atoms with Crippen molar-refractivity contribution in [2.24, 2.45) is 0 Å². The van der Waals surface area contributed by atoms with E-state index in [0.717, 1.165) is 5.56 Å². The number of halogens is 1. The van der Waals surface area contributed by atoms with Crippen LogP contribution in [-0.2, 0) is 20.7 Å². The van der Waals surface area contributed by atoms with Gasteiger partial charge in [-0.05, 0) is 36.2 Å². The van der Waals surface area contributed by atoms with E-state index in [-0.39, 0.29) is 5.75 Å². The monoisotopic (exact) mass is 389 g/mol. The first-order valence-electron chi connectivity index (χ1n) is 8.80. The summed E-state index contributed by atoms with van der Waals surface area (Å²) >= 11 is 0. The Hall–Kier alpha value is -3.29. The van der Waals surface area contributed by atoms with Gasteiger partial charge in [0.15, 0.2) is 36.3 Å². The van der Waals surface area contributed by atoms with Gasteiger partial charge in [0.1, 0.15) is 13.2 Å². The third-order valence-electron chi connectivity index (χ3n) is 3.89. The van der Waals surface area contributed by atoms with Gasteiger partial charge in [0, 0.05) is 6.54 Å². The standard InChI is InChI=1S/C20H20FNO6/c21-15-3-1-2-4-16(15)27-13-20(24)28-12-19(23)22-8-7-14-5-6-17-18(11-14)26-10-9-25-17/h1-6,11H,7-10,12-13H2,(H,22,23). The number of nitrogens with one attached hydrogen (secondary N) is 1. The summed E-state index contributed by atoms with van der Waals surface area (Å²) in [6.07, 6.45) is 0.590. The maximum atomic E-state index is 13.4. The molecule has 1 heterocycles. The van der Waals surface area contributed by atoms with Crippen molar-refractivity contribution in [1.29, 1.82) is 0 Å². The molecule has 3 rings (SSSR count). The van der Waals surface area contributed by atoms with Crippen LogP contribution in [0.2, 0.25) is 0 Å². The zero-order chi connectivity index (χ0) is 19.8. The van der Waals surface area contributed by atoms with Crippen LogP contribution in [-0.4, -0.2) is 44.8 Å². The van der Waals surface area contributed by atoms with Gasteiger partial charge >= 0.3 is 5.97 Å². The number of rotatable bonds is 8. The van der Waals surface area contributed by atoms with E-state index >= 15 is 0 Å². The molecule has 0 atom stereocenters. The molecule has 0 spiro atoms. The van der Waals surface area contributed by atoms with Crippen molar-refractivity contribution in [2.45, 2.75) is 6.42 Å². The lowest BCUT2D eigenvalue weighted by molar-refractivity contribution is -0.150. The molecule has 28 heavy (non-hydrogen) atoms. The Labute approximate surface area is 161 Å². The van der Waals surface area contributed by atoms with E-state index in [0.29, 0.717) is 37.7 Å². The highest BCUT2D eigenvalue weighted by molar-refractivity contribution is 5.80. The lowest BCUT2D eigenvalue weighted by atomic mass is 10.1. The molecule has 0 fully saturated rings. The highest BCUT2D eigenvalue weighted by Gasteiger charge is 2.12. The molecule has 1 N–H and O–H groups in total. The summed E-state index contributed by atoms with van der Waals surface area (Å²) in [6, 6.07) is 11.3. The third-order valence-corrected chi connectivity index (χ3v) is 3.89. The second-order valence-corrected chi connectivity index (χ2v) is 5.96. The highest BCUT2D eigenvalue weighted by atomic mass is 19.1. The first-order chi connectivity index (χ1) is 13.6. The zero-order valence-electron chi connectivity index (χ0n) is 15.1. The van der Waals surface area contributed by atoms with Crippen LogP contribution in [0.1, 0.15) is 5.56 Å². The Kier molecular flexibility index (Phi) is 6.67. The van der Waals surface area contributed by atoms with Crippen LogP contribution in [0.5, 0.6) is 17.2 Å². The van der Waals surface area contributed by atoms with E-state index in [1.807, 2.05) is 18.2 Å². The fourth-order valence-corrected chi connectivity index (χ4v) is 2.53. The number of benzene rings is 2. The molecule has 0 aromatic heterocycles. The van der Waals surface area contributed by atoms with Gasteiger partial charge in [-0.15, -0.1) is 0 Å². The molecule has 0 saturated heterocycles. The molecule has 1 amide bonds. The number of ether oxygens (including phenoxy) is 4. The summed E-state index contributed by atoms with van der Waals surface area (Å²) in [6.45, 7) is 0.513. The van der Waals surface area contributed by atoms with Gasteiger partial charge < -0.3 is 24.3 Å². The lowest BCUT2D eigenvalue weighted by Crippen LogP contribution is -2.31. The molecule has 148 valence electrons. The van der Waals surface area contributed by atoms with Crippen LogP contribution in [0.4, 0.5) is 4.39 Å². The van der Waals surface area contributed by atoms with Gasteiger partial charge in [-0.25, -0.2) is 9.18 Å². The van der Waals surface area contributed by atoms with Crippen LogP contribution >= 0.6 is 0 Å². The summed E-state index contributed by atoms with van der Waals surface area (Å²) in [4.78, 5) is 23.4. The Morgan fingerprint density at radius 1 is 1.04 bits per heavy atom.